The van der Waals surface area contributed by atoms with Crippen molar-refractivity contribution in [1.82, 2.24) is 4.98 Å². The van der Waals surface area contributed by atoms with Gasteiger partial charge in [-0.2, -0.15) is 0 Å². The molecule has 1 aromatic heterocycles. The molecule has 1 atom stereocenters. The largest absolute Gasteiger partial charge is 0.385 e. The van der Waals surface area contributed by atoms with Crippen molar-refractivity contribution >= 4 is 0 Å². The van der Waals surface area contributed by atoms with Crippen molar-refractivity contribution in [3.8, 4) is 0 Å². The fourth-order valence-electron chi connectivity index (χ4n) is 1.21. The van der Waals surface area contributed by atoms with E-state index in [9.17, 15) is 0 Å². The molecule has 0 aliphatic carbocycles. The van der Waals surface area contributed by atoms with E-state index in [1.54, 1.807) is 13.3 Å². The second-order valence-electron chi connectivity index (χ2n) is 3.03. The highest BCUT2D eigenvalue weighted by Crippen LogP contribution is 2.13. The standard InChI is InChI=1S/C10H16N2O/c1-13-7-3-5-10(11)9-4-2-6-12-8-9/h2,4,6,8,10H,3,5,7,11H2,1H3/t10-/m0/s1. The first kappa shape index (κ1) is 10.2. The van der Waals surface area contributed by atoms with Crippen molar-refractivity contribution in [3.05, 3.63) is 30.1 Å². The smallest absolute Gasteiger partial charge is 0.0462 e. The maximum Gasteiger partial charge on any atom is 0.0462 e. The lowest BCUT2D eigenvalue weighted by Crippen LogP contribution is -2.11. The van der Waals surface area contributed by atoms with Crippen molar-refractivity contribution in [2.24, 2.45) is 5.73 Å². The molecule has 0 aliphatic heterocycles. The van der Waals surface area contributed by atoms with Gasteiger partial charge in [-0.3, -0.25) is 4.98 Å². The normalized spacial score (nSPS) is 12.8. The van der Waals surface area contributed by atoms with Gasteiger partial charge in [-0.1, -0.05) is 6.07 Å². The summed E-state index contributed by atoms with van der Waals surface area (Å²) in [5.74, 6) is 0. The van der Waals surface area contributed by atoms with Crippen LogP contribution in [0.15, 0.2) is 24.5 Å². The molecule has 2 N–H and O–H groups in total. The Kier molecular flexibility index (Phi) is 4.43. The molecule has 0 aliphatic rings. The minimum atomic E-state index is 0.0869. The number of pyridine rings is 1. The van der Waals surface area contributed by atoms with E-state index >= 15 is 0 Å². The summed E-state index contributed by atoms with van der Waals surface area (Å²) in [4.78, 5) is 4.02. The SMILES string of the molecule is COCCC[C@H](N)c1cccnc1. The van der Waals surface area contributed by atoms with Gasteiger partial charge in [0.1, 0.15) is 0 Å². The van der Waals surface area contributed by atoms with Crippen LogP contribution in [0.1, 0.15) is 24.4 Å². The third kappa shape index (κ3) is 3.53. The number of rotatable bonds is 5. The number of hydrogen-bond donors (Lipinski definition) is 1. The van der Waals surface area contributed by atoms with E-state index in [0.717, 1.165) is 25.0 Å². The highest BCUT2D eigenvalue weighted by molar-refractivity contribution is 5.12. The molecule has 0 saturated carbocycles. The molecule has 0 aromatic carbocycles. The first-order valence-electron chi connectivity index (χ1n) is 4.49. The molecule has 1 heterocycles. The van der Waals surface area contributed by atoms with Gasteiger partial charge in [0.25, 0.3) is 0 Å². The van der Waals surface area contributed by atoms with Crippen LogP contribution in [0.3, 0.4) is 0 Å². The quantitative estimate of drug-likeness (QED) is 0.699. The van der Waals surface area contributed by atoms with Gasteiger partial charge in [0.2, 0.25) is 0 Å². The summed E-state index contributed by atoms with van der Waals surface area (Å²) >= 11 is 0. The fraction of sp³-hybridized carbons (Fsp3) is 0.500. The summed E-state index contributed by atoms with van der Waals surface area (Å²) in [6.45, 7) is 0.772. The molecule has 3 heteroatoms. The maximum absolute atomic E-state index is 5.94. The van der Waals surface area contributed by atoms with E-state index in [1.165, 1.54) is 0 Å². The van der Waals surface area contributed by atoms with Gasteiger partial charge < -0.3 is 10.5 Å². The van der Waals surface area contributed by atoms with Crippen LogP contribution >= 0.6 is 0 Å². The van der Waals surface area contributed by atoms with Gasteiger partial charge >= 0.3 is 0 Å². The number of ether oxygens (including phenoxy) is 1. The van der Waals surface area contributed by atoms with Gasteiger partial charge in [0.15, 0.2) is 0 Å². The number of nitrogens with two attached hydrogens (primary N) is 1. The van der Waals surface area contributed by atoms with Crippen LogP contribution in [0.2, 0.25) is 0 Å². The molecule has 0 fully saturated rings. The Morgan fingerprint density at radius 1 is 1.62 bits per heavy atom. The first-order chi connectivity index (χ1) is 6.34. The van der Waals surface area contributed by atoms with Crippen LogP contribution in [0.5, 0.6) is 0 Å². The summed E-state index contributed by atoms with van der Waals surface area (Å²) in [5, 5.41) is 0. The second-order valence-corrected chi connectivity index (χ2v) is 3.03. The fourth-order valence-corrected chi connectivity index (χ4v) is 1.21. The molecule has 3 nitrogen and oxygen atoms in total. The van der Waals surface area contributed by atoms with E-state index in [-0.39, 0.29) is 6.04 Å². The summed E-state index contributed by atoms with van der Waals surface area (Å²) in [5.41, 5.74) is 7.04. The first-order valence-corrected chi connectivity index (χ1v) is 4.49. The molecule has 1 rings (SSSR count). The van der Waals surface area contributed by atoms with Crippen LogP contribution in [0.25, 0.3) is 0 Å². The Morgan fingerprint density at radius 2 is 2.46 bits per heavy atom. The molecule has 0 amide bonds. The zero-order valence-corrected chi connectivity index (χ0v) is 7.94. The summed E-state index contributed by atoms with van der Waals surface area (Å²) < 4.78 is 4.96. The average Bonchev–Trinajstić information content (AvgIpc) is 2.19. The Morgan fingerprint density at radius 3 is 3.08 bits per heavy atom. The second kappa shape index (κ2) is 5.67. The van der Waals surface area contributed by atoms with Crippen molar-refractivity contribution < 1.29 is 4.74 Å². The predicted octanol–water partition coefficient (Wildman–Crippen LogP) is 1.51. The summed E-state index contributed by atoms with van der Waals surface area (Å²) in [6.07, 6.45) is 5.51. The Hall–Kier alpha value is -0.930. The lowest BCUT2D eigenvalue weighted by Gasteiger charge is -2.10. The molecular weight excluding hydrogens is 164 g/mol. The van der Waals surface area contributed by atoms with E-state index in [4.69, 9.17) is 10.5 Å². The van der Waals surface area contributed by atoms with Crippen LogP contribution in [-0.2, 0) is 4.74 Å². The van der Waals surface area contributed by atoms with Crippen LogP contribution < -0.4 is 5.73 Å². The molecule has 0 radical (unpaired) electrons. The van der Waals surface area contributed by atoms with Gasteiger partial charge in [0, 0.05) is 32.2 Å². The van der Waals surface area contributed by atoms with E-state index in [2.05, 4.69) is 4.98 Å². The monoisotopic (exact) mass is 180 g/mol. The van der Waals surface area contributed by atoms with Gasteiger partial charge in [-0.15, -0.1) is 0 Å². The topological polar surface area (TPSA) is 48.1 Å². The predicted molar refractivity (Wildman–Crippen MR) is 52.3 cm³/mol. The molecular formula is C10H16N2O. The van der Waals surface area contributed by atoms with E-state index in [1.807, 2.05) is 18.3 Å². The molecule has 0 spiro atoms. The van der Waals surface area contributed by atoms with Crippen molar-refractivity contribution in [1.29, 1.82) is 0 Å². The highest BCUT2D eigenvalue weighted by Gasteiger charge is 2.04. The molecule has 1 aromatic rings. The highest BCUT2D eigenvalue weighted by atomic mass is 16.5. The van der Waals surface area contributed by atoms with Crippen LogP contribution in [-0.4, -0.2) is 18.7 Å². The molecule has 72 valence electrons. The lowest BCUT2D eigenvalue weighted by atomic mass is 10.1. The zero-order chi connectivity index (χ0) is 9.52. The average molecular weight is 180 g/mol. The van der Waals surface area contributed by atoms with Gasteiger partial charge in [0.05, 0.1) is 0 Å². The maximum atomic E-state index is 5.94. The van der Waals surface area contributed by atoms with Gasteiger partial charge in [-0.25, -0.2) is 0 Å². The van der Waals surface area contributed by atoms with Crippen molar-refractivity contribution in [2.45, 2.75) is 18.9 Å². The minimum absolute atomic E-state index is 0.0869. The Balaban J connectivity index is 2.35. The number of methoxy groups -OCH3 is 1. The number of nitrogens with zero attached hydrogens (tertiary/aromatic N) is 1. The number of aromatic nitrogens is 1. The van der Waals surface area contributed by atoms with Crippen molar-refractivity contribution in [3.63, 3.8) is 0 Å². The van der Waals surface area contributed by atoms with Crippen molar-refractivity contribution in [2.75, 3.05) is 13.7 Å². The third-order valence-electron chi connectivity index (χ3n) is 1.98. The number of hydrogen-bond acceptors (Lipinski definition) is 3. The molecule has 13 heavy (non-hydrogen) atoms. The summed E-state index contributed by atoms with van der Waals surface area (Å²) in [6, 6.07) is 4.00. The minimum Gasteiger partial charge on any atom is -0.385 e. The van der Waals surface area contributed by atoms with E-state index in [0.29, 0.717) is 0 Å². The van der Waals surface area contributed by atoms with Crippen LogP contribution in [0, 0.1) is 0 Å². The molecule has 0 saturated heterocycles. The lowest BCUT2D eigenvalue weighted by molar-refractivity contribution is 0.190. The zero-order valence-electron chi connectivity index (χ0n) is 7.94. The molecule has 0 unspecified atom stereocenters. The Labute approximate surface area is 78.9 Å². The van der Waals surface area contributed by atoms with Crippen LogP contribution in [0.4, 0.5) is 0 Å². The summed E-state index contributed by atoms with van der Waals surface area (Å²) in [7, 11) is 1.70. The Bertz CT molecular complexity index is 226. The molecule has 0 bridgehead atoms. The van der Waals surface area contributed by atoms with E-state index < -0.39 is 0 Å². The third-order valence-corrected chi connectivity index (χ3v) is 1.98. The van der Waals surface area contributed by atoms with Gasteiger partial charge in [-0.05, 0) is 24.5 Å².